The molecule has 6 heteroatoms. The highest BCUT2D eigenvalue weighted by molar-refractivity contribution is 7.98. The van der Waals surface area contributed by atoms with E-state index in [1.54, 1.807) is 22.3 Å². The summed E-state index contributed by atoms with van der Waals surface area (Å²) in [5.74, 6) is 0.774. The molecule has 22 heavy (non-hydrogen) atoms. The molecule has 0 atom stereocenters. The van der Waals surface area contributed by atoms with E-state index in [4.69, 9.17) is 0 Å². The molecule has 0 saturated heterocycles. The predicted molar refractivity (Wildman–Crippen MR) is 87.1 cm³/mol. The first-order valence-electron chi connectivity index (χ1n) is 6.86. The van der Waals surface area contributed by atoms with Crippen molar-refractivity contribution in [3.63, 3.8) is 0 Å². The monoisotopic (exact) mass is 308 g/mol. The Bertz CT molecular complexity index is 1010. The molecular weight excluding hydrogens is 296 g/mol. The van der Waals surface area contributed by atoms with Gasteiger partial charge < -0.3 is 0 Å². The topological polar surface area (TPSA) is 63.0 Å². The zero-order chi connectivity index (χ0) is 14.9. The van der Waals surface area contributed by atoms with Crippen molar-refractivity contribution in [1.82, 2.24) is 19.8 Å². The van der Waals surface area contributed by atoms with Crippen molar-refractivity contribution in [3.05, 3.63) is 70.5 Å². The second-order valence-corrected chi connectivity index (χ2v) is 5.84. The van der Waals surface area contributed by atoms with Crippen molar-refractivity contribution in [3.8, 4) is 0 Å². The number of H-pyrrole nitrogens is 1. The molecule has 5 nitrogen and oxygen atoms in total. The molecule has 0 aliphatic carbocycles. The summed E-state index contributed by atoms with van der Waals surface area (Å²) in [4.78, 5) is 12.2. The Morgan fingerprint density at radius 3 is 2.50 bits per heavy atom. The minimum atomic E-state index is -0.135. The summed E-state index contributed by atoms with van der Waals surface area (Å²) in [7, 11) is 0. The minimum absolute atomic E-state index is 0.135. The van der Waals surface area contributed by atoms with E-state index in [0.29, 0.717) is 16.2 Å². The molecule has 4 aromatic rings. The average molecular weight is 308 g/mol. The van der Waals surface area contributed by atoms with Crippen LogP contribution in [0.25, 0.3) is 16.4 Å². The van der Waals surface area contributed by atoms with Crippen molar-refractivity contribution in [2.45, 2.75) is 10.9 Å². The van der Waals surface area contributed by atoms with Gasteiger partial charge in [0.05, 0.1) is 5.39 Å². The fraction of sp³-hybridized carbons (Fsp3) is 0.0625. The second-order valence-electron chi connectivity index (χ2n) is 4.90. The number of nitrogens with zero attached hydrogens (tertiary/aromatic N) is 3. The van der Waals surface area contributed by atoms with Crippen molar-refractivity contribution in [2.75, 3.05) is 0 Å². The van der Waals surface area contributed by atoms with Crippen molar-refractivity contribution >= 4 is 28.2 Å². The molecule has 0 radical (unpaired) electrons. The first kappa shape index (κ1) is 13.1. The molecule has 2 aromatic carbocycles. The Morgan fingerprint density at radius 1 is 0.955 bits per heavy atom. The zero-order valence-electron chi connectivity index (χ0n) is 11.6. The number of hydrogen-bond acceptors (Lipinski definition) is 4. The SMILES string of the molecule is O=c1[nH]n2c(SCc3ccccc3)nnc2c2ccccc12. The van der Waals surface area contributed by atoms with Crippen LogP contribution >= 0.6 is 11.8 Å². The van der Waals surface area contributed by atoms with Crippen LogP contribution in [0.5, 0.6) is 0 Å². The number of thioether (sulfide) groups is 1. The number of aromatic amines is 1. The van der Waals surface area contributed by atoms with Crippen LogP contribution in [0.3, 0.4) is 0 Å². The van der Waals surface area contributed by atoms with Gasteiger partial charge in [0, 0.05) is 11.1 Å². The van der Waals surface area contributed by atoms with Crippen LogP contribution in [0.2, 0.25) is 0 Å². The number of nitrogens with one attached hydrogen (secondary N) is 1. The van der Waals surface area contributed by atoms with E-state index in [1.165, 1.54) is 5.56 Å². The molecule has 0 bridgehead atoms. The average Bonchev–Trinajstić information content (AvgIpc) is 2.97. The van der Waals surface area contributed by atoms with Gasteiger partial charge >= 0.3 is 0 Å². The molecule has 0 fully saturated rings. The van der Waals surface area contributed by atoms with Crippen LogP contribution in [0.4, 0.5) is 0 Å². The Morgan fingerprint density at radius 2 is 1.68 bits per heavy atom. The van der Waals surface area contributed by atoms with Crippen molar-refractivity contribution in [1.29, 1.82) is 0 Å². The third-order valence-electron chi connectivity index (χ3n) is 3.47. The molecule has 1 N–H and O–H groups in total. The first-order valence-corrected chi connectivity index (χ1v) is 7.84. The van der Waals surface area contributed by atoms with Crippen LogP contribution < -0.4 is 5.56 Å². The number of fused-ring (bicyclic) bond motifs is 3. The van der Waals surface area contributed by atoms with Gasteiger partial charge in [-0.25, -0.2) is 4.52 Å². The maximum absolute atomic E-state index is 12.2. The lowest BCUT2D eigenvalue weighted by atomic mass is 10.2. The molecule has 0 amide bonds. The Hall–Kier alpha value is -2.60. The van der Waals surface area contributed by atoms with Crippen LogP contribution in [0.15, 0.2) is 64.5 Å². The summed E-state index contributed by atoms with van der Waals surface area (Å²) in [5.41, 5.74) is 1.74. The van der Waals surface area contributed by atoms with E-state index in [9.17, 15) is 4.79 Å². The van der Waals surface area contributed by atoms with Gasteiger partial charge in [0.1, 0.15) is 0 Å². The zero-order valence-corrected chi connectivity index (χ0v) is 12.4. The summed E-state index contributed by atoms with van der Waals surface area (Å²) in [5, 5.41) is 13.4. The van der Waals surface area contributed by atoms with E-state index < -0.39 is 0 Å². The lowest BCUT2D eigenvalue weighted by Gasteiger charge is -2.02. The predicted octanol–water partition coefficient (Wildman–Crippen LogP) is 2.86. The molecule has 2 aromatic heterocycles. The molecule has 0 spiro atoms. The number of rotatable bonds is 3. The fourth-order valence-electron chi connectivity index (χ4n) is 2.40. The highest BCUT2D eigenvalue weighted by atomic mass is 32.2. The number of benzene rings is 2. The van der Waals surface area contributed by atoms with Crippen LogP contribution in [-0.4, -0.2) is 19.8 Å². The molecule has 0 aliphatic heterocycles. The highest BCUT2D eigenvalue weighted by Crippen LogP contribution is 2.23. The highest BCUT2D eigenvalue weighted by Gasteiger charge is 2.11. The van der Waals surface area contributed by atoms with Gasteiger partial charge in [-0.3, -0.25) is 9.89 Å². The smallest absolute Gasteiger partial charge is 0.267 e. The quantitative estimate of drug-likeness (QED) is 0.591. The van der Waals surface area contributed by atoms with Crippen LogP contribution in [-0.2, 0) is 5.75 Å². The van der Waals surface area contributed by atoms with Crippen LogP contribution in [0.1, 0.15) is 5.56 Å². The molecule has 108 valence electrons. The largest absolute Gasteiger partial charge is 0.270 e. The summed E-state index contributed by atoms with van der Waals surface area (Å²) < 4.78 is 1.66. The molecular formula is C16H12N4OS. The number of hydrogen-bond donors (Lipinski definition) is 1. The lowest BCUT2D eigenvalue weighted by molar-refractivity contribution is 0.799. The second kappa shape index (κ2) is 5.31. The Balaban J connectivity index is 1.78. The van der Waals surface area contributed by atoms with Gasteiger partial charge in [-0.15, -0.1) is 10.2 Å². The molecule has 2 heterocycles. The van der Waals surface area contributed by atoms with Gasteiger partial charge in [0.2, 0.25) is 5.16 Å². The van der Waals surface area contributed by atoms with E-state index in [0.717, 1.165) is 11.1 Å². The van der Waals surface area contributed by atoms with Gasteiger partial charge in [0.15, 0.2) is 5.65 Å². The summed E-state index contributed by atoms with van der Waals surface area (Å²) >= 11 is 1.55. The van der Waals surface area contributed by atoms with Gasteiger partial charge in [-0.1, -0.05) is 60.3 Å². The van der Waals surface area contributed by atoms with Gasteiger partial charge in [-0.2, -0.15) is 0 Å². The van der Waals surface area contributed by atoms with E-state index in [2.05, 4.69) is 27.4 Å². The van der Waals surface area contributed by atoms with Crippen LogP contribution in [0, 0.1) is 0 Å². The molecule has 0 aliphatic rings. The Kier molecular flexibility index (Phi) is 3.16. The molecule has 0 saturated carbocycles. The third-order valence-corrected chi connectivity index (χ3v) is 4.47. The summed E-state index contributed by atoms with van der Waals surface area (Å²) in [6.07, 6.45) is 0. The number of aromatic nitrogens is 4. The summed E-state index contributed by atoms with van der Waals surface area (Å²) in [6.45, 7) is 0. The maximum Gasteiger partial charge on any atom is 0.270 e. The van der Waals surface area contributed by atoms with Gasteiger partial charge in [0.25, 0.3) is 5.56 Å². The fourth-order valence-corrected chi connectivity index (χ4v) is 3.25. The Labute approximate surface area is 130 Å². The van der Waals surface area contributed by atoms with E-state index >= 15 is 0 Å². The minimum Gasteiger partial charge on any atom is -0.267 e. The van der Waals surface area contributed by atoms with Crippen molar-refractivity contribution in [2.24, 2.45) is 0 Å². The van der Waals surface area contributed by atoms with Crippen molar-refractivity contribution < 1.29 is 0 Å². The first-order chi connectivity index (χ1) is 10.8. The molecule has 4 rings (SSSR count). The molecule has 0 unspecified atom stereocenters. The standard InChI is InChI=1S/C16H12N4OS/c21-15-13-9-5-4-8-12(13)14-17-18-16(20(14)19-15)22-10-11-6-2-1-3-7-11/h1-9H,10H2,(H,19,21). The maximum atomic E-state index is 12.2. The van der Waals surface area contributed by atoms with E-state index in [1.807, 2.05) is 36.4 Å². The van der Waals surface area contributed by atoms with E-state index in [-0.39, 0.29) is 5.56 Å². The van der Waals surface area contributed by atoms with Gasteiger partial charge in [-0.05, 0) is 11.6 Å². The lowest BCUT2D eigenvalue weighted by Crippen LogP contribution is -2.12. The summed E-state index contributed by atoms with van der Waals surface area (Å²) in [6, 6.07) is 17.6. The normalized spacial score (nSPS) is 11.3. The third kappa shape index (κ3) is 2.17.